The van der Waals surface area contributed by atoms with Crippen molar-refractivity contribution in [1.82, 2.24) is 9.88 Å². The van der Waals surface area contributed by atoms with Crippen LogP contribution in [0.25, 0.3) is 10.9 Å². The largest absolute Gasteiger partial charge is 0.380 e. The predicted molar refractivity (Wildman–Crippen MR) is 74.1 cm³/mol. The van der Waals surface area contributed by atoms with E-state index in [2.05, 4.69) is 29.2 Å². The molecule has 0 aliphatic carbocycles. The van der Waals surface area contributed by atoms with Crippen LogP contribution in [-0.2, 0) is 11.8 Å². The van der Waals surface area contributed by atoms with Crippen molar-refractivity contribution in [2.24, 2.45) is 7.05 Å². The van der Waals surface area contributed by atoms with Gasteiger partial charge in [0.15, 0.2) is 0 Å². The van der Waals surface area contributed by atoms with Crippen LogP contribution in [0.5, 0.6) is 0 Å². The standard InChI is InChI=1S/C14H17ClN2O/c1-17-9-12(13-4-6-18-7-5-16-13)11-3-2-10(15)8-14(11)17/h2-3,8-9,13,16H,4-7H2,1H3. The monoisotopic (exact) mass is 264 g/mol. The first-order chi connectivity index (χ1) is 8.75. The molecule has 1 aromatic carbocycles. The minimum Gasteiger partial charge on any atom is -0.380 e. The number of fused-ring (bicyclic) bond motifs is 1. The first-order valence-corrected chi connectivity index (χ1v) is 6.69. The van der Waals surface area contributed by atoms with Crippen LogP contribution in [0.2, 0.25) is 5.02 Å². The maximum absolute atomic E-state index is 6.06. The van der Waals surface area contributed by atoms with Gasteiger partial charge in [-0.1, -0.05) is 17.7 Å². The van der Waals surface area contributed by atoms with Gasteiger partial charge in [-0.05, 0) is 24.1 Å². The highest BCUT2D eigenvalue weighted by atomic mass is 35.5. The molecule has 0 saturated carbocycles. The van der Waals surface area contributed by atoms with Gasteiger partial charge in [0.2, 0.25) is 0 Å². The Hall–Kier alpha value is -1.03. The average molecular weight is 265 g/mol. The van der Waals surface area contributed by atoms with Gasteiger partial charge in [0.25, 0.3) is 0 Å². The quantitative estimate of drug-likeness (QED) is 0.857. The van der Waals surface area contributed by atoms with Gasteiger partial charge in [-0.15, -0.1) is 0 Å². The van der Waals surface area contributed by atoms with Gasteiger partial charge in [-0.3, -0.25) is 0 Å². The van der Waals surface area contributed by atoms with Crippen molar-refractivity contribution in [1.29, 1.82) is 0 Å². The molecular formula is C14H17ClN2O. The molecule has 1 atom stereocenters. The van der Waals surface area contributed by atoms with E-state index in [-0.39, 0.29) is 0 Å². The Morgan fingerprint density at radius 1 is 1.39 bits per heavy atom. The van der Waals surface area contributed by atoms with E-state index in [1.165, 1.54) is 16.5 Å². The summed E-state index contributed by atoms with van der Waals surface area (Å²) in [4.78, 5) is 0. The molecule has 1 aliphatic rings. The van der Waals surface area contributed by atoms with Crippen LogP contribution >= 0.6 is 11.6 Å². The second-order valence-corrected chi connectivity index (χ2v) is 5.20. The van der Waals surface area contributed by atoms with Crippen molar-refractivity contribution < 1.29 is 4.74 Å². The van der Waals surface area contributed by atoms with Gasteiger partial charge < -0.3 is 14.6 Å². The summed E-state index contributed by atoms with van der Waals surface area (Å²) in [5.41, 5.74) is 2.53. The maximum atomic E-state index is 6.06. The lowest BCUT2D eigenvalue weighted by atomic mass is 10.0. The van der Waals surface area contributed by atoms with Crippen LogP contribution in [0.3, 0.4) is 0 Å². The Labute approximate surface area is 112 Å². The molecule has 18 heavy (non-hydrogen) atoms. The fourth-order valence-corrected chi connectivity index (χ4v) is 2.81. The van der Waals surface area contributed by atoms with E-state index in [0.717, 1.165) is 31.2 Å². The molecule has 0 amide bonds. The number of rotatable bonds is 1. The van der Waals surface area contributed by atoms with E-state index in [9.17, 15) is 0 Å². The molecule has 0 spiro atoms. The van der Waals surface area contributed by atoms with Crippen molar-refractivity contribution in [2.45, 2.75) is 12.5 Å². The van der Waals surface area contributed by atoms with Crippen molar-refractivity contribution in [3.05, 3.63) is 35.0 Å². The SMILES string of the molecule is Cn1cc(C2CCOCCN2)c2ccc(Cl)cc21. The average Bonchev–Trinajstić information content (AvgIpc) is 2.58. The highest BCUT2D eigenvalue weighted by Crippen LogP contribution is 2.30. The first kappa shape index (κ1) is 12.0. The molecule has 1 N–H and O–H groups in total. The zero-order chi connectivity index (χ0) is 12.5. The smallest absolute Gasteiger partial charge is 0.0591 e. The Morgan fingerprint density at radius 2 is 2.28 bits per heavy atom. The molecule has 0 radical (unpaired) electrons. The van der Waals surface area contributed by atoms with Crippen LogP contribution in [0.15, 0.2) is 24.4 Å². The van der Waals surface area contributed by atoms with Crippen LogP contribution in [-0.4, -0.2) is 24.3 Å². The topological polar surface area (TPSA) is 26.2 Å². The highest BCUT2D eigenvalue weighted by molar-refractivity contribution is 6.31. The number of benzene rings is 1. The third-order valence-electron chi connectivity index (χ3n) is 3.55. The third kappa shape index (κ3) is 2.14. The molecule has 1 saturated heterocycles. The van der Waals surface area contributed by atoms with Gasteiger partial charge in [0.1, 0.15) is 0 Å². The summed E-state index contributed by atoms with van der Waals surface area (Å²) in [6, 6.07) is 6.46. The minimum atomic E-state index is 0.373. The second kappa shape index (κ2) is 4.92. The molecule has 3 nitrogen and oxygen atoms in total. The molecule has 0 bridgehead atoms. The fourth-order valence-electron chi connectivity index (χ4n) is 2.64. The molecular weight excluding hydrogens is 248 g/mol. The lowest BCUT2D eigenvalue weighted by molar-refractivity contribution is 0.150. The summed E-state index contributed by atoms with van der Waals surface area (Å²) >= 11 is 6.06. The van der Waals surface area contributed by atoms with Gasteiger partial charge in [-0.2, -0.15) is 0 Å². The number of ether oxygens (including phenoxy) is 1. The summed E-state index contributed by atoms with van der Waals surface area (Å²) in [5.74, 6) is 0. The molecule has 3 rings (SSSR count). The van der Waals surface area contributed by atoms with Gasteiger partial charge in [0, 0.05) is 48.4 Å². The maximum Gasteiger partial charge on any atom is 0.0591 e. The van der Waals surface area contributed by atoms with E-state index in [4.69, 9.17) is 16.3 Å². The molecule has 2 aromatic rings. The van der Waals surface area contributed by atoms with Crippen molar-refractivity contribution in [2.75, 3.05) is 19.8 Å². The lowest BCUT2D eigenvalue weighted by Gasteiger charge is -2.14. The molecule has 1 fully saturated rings. The summed E-state index contributed by atoms with van der Waals surface area (Å²) in [5, 5.41) is 5.61. The van der Waals surface area contributed by atoms with E-state index in [0.29, 0.717) is 6.04 Å². The second-order valence-electron chi connectivity index (χ2n) is 4.76. The number of aromatic nitrogens is 1. The first-order valence-electron chi connectivity index (χ1n) is 6.31. The van der Waals surface area contributed by atoms with Crippen LogP contribution < -0.4 is 5.32 Å². The number of nitrogens with zero attached hydrogens (tertiary/aromatic N) is 1. The van der Waals surface area contributed by atoms with Crippen LogP contribution in [0, 0.1) is 0 Å². The van der Waals surface area contributed by atoms with Gasteiger partial charge >= 0.3 is 0 Å². The molecule has 4 heteroatoms. The number of hydrogen-bond donors (Lipinski definition) is 1. The summed E-state index contributed by atoms with van der Waals surface area (Å²) in [7, 11) is 2.06. The van der Waals surface area contributed by atoms with Crippen molar-refractivity contribution in [3.63, 3.8) is 0 Å². The minimum absolute atomic E-state index is 0.373. The van der Waals surface area contributed by atoms with E-state index in [1.807, 2.05) is 12.1 Å². The zero-order valence-corrected chi connectivity index (χ0v) is 11.2. The summed E-state index contributed by atoms with van der Waals surface area (Å²) in [6.07, 6.45) is 3.21. The van der Waals surface area contributed by atoms with Gasteiger partial charge in [-0.25, -0.2) is 0 Å². The molecule has 1 aliphatic heterocycles. The normalized spacial score (nSPS) is 21.1. The molecule has 1 aromatic heterocycles. The van der Waals surface area contributed by atoms with E-state index in [1.54, 1.807) is 0 Å². The number of hydrogen-bond acceptors (Lipinski definition) is 2. The van der Waals surface area contributed by atoms with E-state index >= 15 is 0 Å². The number of aryl methyl sites for hydroxylation is 1. The lowest BCUT2D eigenvalue weighted by Crippen LogP contribution is -2.21. The number of nitrogens with one attached hydrogen (secondary N) is 1. The summed E-state index contributed by atoms with van der Waals surface area (Å²) < 4.78 is 7.64. The highest BCUT2D eigenvalue weighted by Gasteiger charge is 2.18. The Morgan fingerprint density at radius 3 is 3.17 bits per heavy atom. The molecule has 96 valence electrons. The number of halogens is 1. The Balaban J connectivity index is 2.05. The van der Waals surface area contributed by atoms with Crippen molar-refractivity contribution >= 4 is 22.5 Å². The molecule has 1 unspecified atom stereocenters. The predicted octanol–water partition coefficient (Wildman–Crippen LogP) is 2.88. The van der Waals surface area contributed by atoms with E-state index < -0.39 is 0 Å². The zero-order valence-electron chi connectivity index (χ0n) is 10.4. The molecule has 2 heterocycles. The van der Waals surface area contributed by atoms with Crippen molar-refractivity contribution in [3.8, 4) is 0 Å². The van der Waals surface area contributed by atoms with Crippen LogP contribution in [0.4, 0.5) is 0 Å². The summed E-state index contributed by atoms with van der Waals surface area (Å²) in [6.45, 7) is 2.53. The van der Waals surface area contributed by atoms with Gasteiger partial charge in [0.05, 0.1) is 6.61 Å². The Kier molecular flexibility index (Phi) is 3.29. The third-order valence-corrected chi connectivity index (χ3v) is 3.78. The Bertz CT molecular complexity index is 556. The fraction of sp³-hybridized carbons (Fsp3) is 0.429. The van der Waals surface area contributed by atoms with Crippen LogP contribution in [0.1, 0.15) is 18.0 Å².